The minimum Gasteiger partial charge on any atom is -0.476 e. The van der Waals surface area contributed by atoms with Gasteiger partial charge in [0.15, 0.2) is 34.1 Å². The Morgan fingerprint density at radius 3 is 1.96 bits per heavy atom. The van der Waals surface area contributed by atoms with E-state index >= 15 is 0 Å². The van der Waals surface area contributed by atoms with Crippen molar-refractivity contribution in [3.05, 3.63) is 55.5 Å². The van der Waals surface area contributed by atoms with E-state index in [0.717, 1.165) is 0 Å². The van der Waals surface area contributed by atoms with E-state index in [1.165, 1.54) is 0 Å². The Labute approximate surface area is 156 Å². The summed E-state index contributed by atoms with van der Waals surface area (Å²) in [6, 6.07) is 0. The first-order chi connectivity index (χ1) is 12.1. The largest absolute Gasteiger partial charge is 0.476 e. The maximum atomic E-state index is 13.5. The fraction of sp³-hybridized carbons (Fsp3) is 0. The highest BCUT2D eigenvalue weighted by molar-refractivity contribution is 6.46. The predicted octanol–water partition coefficient (Wildman–Crippen LogP) is 4.88. The molecule has 0 saturated carbocycles. The third kappa shape index (κ3) is 3.53. The van der Waals surface area contributed by atoms with Gasteiger partial charge in [-0.15, -0.1) is 0 Å². The van der Waals surface area contributed by atoms with Gasteiger partial charge in [-0.05, 0) is 0 Å². The van der Waals surface area contributed by atoms with Gasteiger partial charge in [0, 0.05) is 0 Å². The van der Waals surface area contributed by atoms with Crippen LogP contribution in [0.15, 0.2) is 5.10 Å². The summed E-state index contributed by atoms with van der Waals surface area (Å²) in [5.41, 5.74) is -0.452. The molecule has 13 heteroatoms. The molecule has 0 spiro atoms. The minimum atomic E-state index is -2.33. The maximum Gasteiger partial charge on any atom is 0.356 e. The number of rotatable bonds is 4. The van der Waals surface area contributed by atoms with Gasteiger partial charge in [0.05, 0.1) is 17.5 Å². The van der Waals surface area contributed by atoms with Crippen LogP contribution in [0, 0.1) is 29.1 Å². The average Bonchev–Trinajstić information content (AvgIpc) is 2.59. The van der Waals surface area contributed by atoms with Crippen LogP contribution in [0.4, 0.5) is 27.6 Å². The summed E-state index contributed by atoms with van der Waals surface area (Å²) in [7, 11) is 0. The molecule has 0 atom stereocenters. The third-order valence-corrected chi connectivity index (χ3v) is 3.96. The van der Waals surface area contributed by atoms with Crippen LogP contribution >= 0.6 is 34.8 Å². The zero-order chi connectivity index (χ0) is 19.8. The molecular weight excluding hydrogens is 432 g/mol. The van der Waals surface area contributed by atoms with E-state index in [1.807, 2.05) is 5.43 Å². The van der Waals surface area contributed by atoms with Crippen LogP contribution < -0.4 is 5.43 Å². The standard InChI is InChI=1S/C13H3Cl3F5N3O2/c14-3-10(4(15)12(16)23-11(3)13(25)26)24-22-1-2-5(17)7(19)9(21)8(20)6(2)18/h1H,(H,23,24)(H,25,26)/b22-1+. The second kappa shape index (κ2) is 7.60. The Bertz CT molecular complexity index is 927. The fourth-order valence-corrected chi connectivity index (χ4v) is 2.32. The number of halogens is 8. The van der Waals surface area contributed by atoms with Crippen LogP contribution in [-0.2, 0) is 0 Å². The summed E-state index contributed by atoms with van der Waals surface area (Å²) >= 11 is 17.1. The molecule has 0 aliphatic carbocycles. The molecule has 1 aromatic carbocycles. The van der Waals surface area contributed by atoms with Gasteiger partial charge in [0.2, 0.25) is 5.82 Å². The molecule has 26 heavy (non-hydrogen) atoms. The number of aromatic carboxylic acids is 1. The normalized spacial score (nSPS) is 11.2. The van der Waals surface area contributed by atoms with Gasteiger partial charge >= 0.3 is 5.97 Å². The molecule has 2 rings (SSSR count). The number of pyridine rings is 1. The van der Waals surface area contributed by atoms with E-state index in [2.05, 4.69) is 10.1 Å². The van der Waals surface area contributed by atoms with Gasteiger partial charge in [-0.2, -0.15) is 5.10 Å². The SMILES string of the molecule is O=C(O)c1nc(Cl)c(Cl)c(N/N=C/c2c(F)c(F)c(F)c(F)c2F)c1Cl. The van der Waals surface area contributed by atoms with Crippen molar-refractivity contribution in [1.82, 2.24) is 4.98 Å². The number of carbonyl (C=O) groups is 1. The summed E-state index contributed by atoms with van der Waals surface area (Å²) in [6.45, 7) is 0. The highest BCUT2D eigenvalue weighted by Gasteiger charge is 2.25. The van der Waals surface area contributed by atoms with Gasteiger partial charge in [-0.25, -0.2) is 31.7 Å². The van der Waals surface area contributed by atoms with E-state index in [0.29, 0.717) is 0 Å². The molecule has 5 nitrogen and oxygen atoms in total. The fourth-order valence-electron chi connectivity index (χ4n) is 1.65. The molecular formula is C13H3Cl3F5N3O2. The Morgan fingerprint density at radius 2 is 1.46 bits per heavy atom. The first-order valence-corrected chi connectivity index (χ1v) is 7.29. The quantitative estimate of drug-likeness (QED) is 0.180. The highest BCUT2D eigenvalue weighted by Crippen LogP contribution is 2.36. The van der Waals surface area contributed by atoms with E-state index < -0.39 is 67.2 Å². The number of nitrogens with one attached hydrogen (secondary N) is 1. The molecule has 0 radical (unpaired) electrons. The van der Waals surface area contributed by atoms with Crippen LogP contribution in [0.25, 0.3) is 0 Å². The van der Waals surface area contributed by atoms with Crippen molar-refractivity contribution in [3.63, 3.8) is 0 Å². The summed E-state index contributed by atoms with van der Waals surface area (Å²) in [5.74, 6) is -12.5. The second-order valence-electron chi connectivity index (χ2n) is 4.41. The van der Waals surface area contributed by atoms with Crippen LogP contribution in [0.5, 0.6) is 0 Å². The third-order valence-electron chi connectivity index (χ3n) is 2.85. The lowest BCUT2D eigenvalue weighted by Gasteiger charge is -2.09. The number of hydrogen-bond acceptors (Lipinski definition) is 4. The van der Waals surface area contributed by atoms with Gasteiger partial charge in [-0.3, -0.25) is 5.43 Å². The average molecular weight is 435 g/mol. The summed E-state index contributed by atoms with van der Waals surface area (Å²) in [6.07, 6.45) is 0.262. The van der Waals surface area contributed by atoms with Crippen molar-refractivity contribution < 1.29 is 31.9 Å². The lowest BCUT2D eigenvalue weighted by atomic mass is 10.2. The Hall–Kier alpha value is -2.17. The number of hydrazone groups is 1. The number of carboxylic acids is 1. The van der Waals surface area contributed by atoms with Crippen LogP contribution in [0.1, 0.15) is 16.1 Å². The van der Waals surface area contributed by atoms with Gasteiger partial charge in [0.1, 0.15) is 10.0 Å². The van der Waals surface area contributed by atoms with Crippen molar-refractivity contribution in [2.24, 2.45) is 5.10 Å². The van der Waals surface area contributed by atoms with Crippen LogP contribution in [0.2, 0.25) is 15.2 Å². The first kappa shape index (κ1) is 20.1. The topological polar surface area (TPSA) is 74.6 Å². The van der Waals surface area contributed by atoms with Crippen molar-refractivity contribution in [3.8, 4) is 0 Å². The molecule has 1 heterocycles. The van der Waals surface area contributed by atoms with E-state index in [1.54, 1.807) is 0 Å². The molecule has 138 valence electrons. The predicted molar refractivity (Wildman–Crippen MR) is 83.7 cm³/mol. The number of aromatic nitrogens is 1. The molecule has 2 aromatic rings. The molecule has 0 aliphatic heterocycles. The first-order valence-electron chi connectivity index (χ1n) is 6.16. The molecule has 0 amide bonds. The highest BCUT2D eigenvalue weighted by atomic mass is 35.5. The van der Waals surface area contributed by atoms with E-state index in [-0.39, 0.29) is 6.21 Å². The number of benzene rings is 1. The lowest BCUT2D eigenvalue weighted by molar-refractivity contribution is 0.0690. The van der Waals surface area contributed by atoms with Crippen molar-refractivity contribution in [2.45, 2.75) is 0 Å². The van der Waals surface area contributed by atoms with Crippen LogP contribution in [-0.4, -0.2) is 22.3 Å². The smallest absolute Gasteiger partial charge is 0.356 e. The molecule has 0 saturated heterocycles. The number of nitrogens with zero attached hydrogens (tertiary/aromatic N) is 2. The Kier molecular flexibility index (Phi) is 5.89. The lowest BCUT2D eigenvalue weighted by Crippen LogP contribution is -2.08. The molecule has 1 aromatic heterocycles. The molecule has 0 bridgehead atoms. The van der Waals surface area contributed by atoms with Gasteiger partial charge in [0.25, 0.3) is 0 Å². The number of hydrogen-bond donors (Lipinski definition) is 2. The maximum absolute atomic E-state index is 13.5. The van der Waals surface area contributed by atoms with Crippen molar-refractivity contribution >= 4 is 52.7 Å². The molecule has 0 aliphatic rings. The minimum absolute atomic E-state index is 0.262. The number of carboxylic acid groups (broad SMARTS) is 1. The summed E-state index contributed by atoms with van der Waals surface area (Å²) in [4.78, 5) is 14.4. The number of anilines is 1. The summed E-state index contributed by atoms with van der Waals surface area (Å²) < 4.78 is 66.2. The Balaban J connectivity index is 2.47. The molecule has 0 unspecified atom stereocenters. The summed E-state index contributed by atoms with van der Waals surface area (Å²) in [5, 5.41) is 10.8. The van der Waals surface area contributed by atoms with E-state index in [4.69, 9.17) is 39.9 Å². The molecule has 2 N–H and O–H groups in total. The van der Waals surface area contributed by atoms with Crippen LogP contribution in [0.3, 0.4) is 0 Å². The van der Waals surface area contributed by atoms with Crippen molar-refractivity contribution in [2.75, 3.05) is 5.43 Å². The molecule has 0 fully saturated rings. The Morgan fingerprint density at radius 1 is 0.962 bits per heavy atom. The van der Waals surface area contributed by atoms with Gasteiger partial charge in [-0.1, -0.05) is 34.8 Å². The van der Waals surface area contributed by atoms with Gasteiger partial charge < -0.3 is 5.11 Å². The zero-order valence-electron chi connectivity index (χ0n) is 11.9. The second-order valence-corrected chi connectivity index (χ2v) is 5.53. The monoisotopic (exact) mass is 433 g/mol. The van der Waals surface area contributed by atoms with E-state index in [9.17, 15) is 26.7 Å². The van der Waals surface area contributed by atoms with Crippen molar-refractivity contribution in [1.29, 1.82) is 0 Å². The zero-order valence-corrected chi connectivity index (χ0v) is 14.1.